The molecular formula is C15H19N3O. The molecule has 0 unspecified atom stereocenters. The van der Waals surface area contributed by atoms with Gasteiger partial charge in [0.05, 0.1) is 11.5 Å². The maximum atomic E-state index is 12.2. The molecule has 0 bridgehead atoms. The summed E-state index contributed by atoms with van der Waals surface area (Å²) in [4.78, 5) is 12.2. The fourth-order valence-corrected chi connectivity index (χ4v) is 2.27. The van der Waals surface area contributed by atoms with Crippen molar-refractivity contribution in [3.05, 3.63) is 29.8 Å². The maximum Gasteiger partial charge on any atom is 0.230 e. The van der Waals surface area contributed by atoms with Crippen LogP contribution in [-0.2, 0) is 10.2 Å². The summed E-state index contributed by atoms with van der Waals surface area (Å²) in [7, 11) is 0. The van der Waals surface area contributed by atoms with Crippen LogP contribution in [0.15, 0.2) is 24.3 Å². The van der Waals surface area contributed by atoms with Crippen molar-refractivity contribution in [1.29, 1.82) is 5.26 Å². The van der Waals surface area contributed by atoms with E-state index in [-0.39, 0.29) is 11.3 Å². The zero-order valence-corrected chi connectivity index (χ0v) is 11.0. The average Bonchev–Trinajstić information content (AvgIpc) is 3.21. The molecule has 0 heterocycles. The summed E-state index contributed by atoms with van der Waals surface area (Å²) in [6, 6.07) is 9.67. The van der Waals surface area contributed by atoms with Gasteiger partial charge < -0.3 is 11.1 Å². The molecule has 3 N–H and O–H groups in total. The van der Waals surface area contributed by atoms with E-state index in [4.69, 9.17) is 11.0 Å². The molecule has 0 aliphatic heterocycles. The van der Waals surface area contributed by atoms with E-state index in [2.05, 4.69) is 11.4 Å². The van der Waals surface area contributed by atoms with Crippen LogP contribution in [0.4, 0.5) is 5.69 Å². The minimum atomic E-state index is -0.330. The van der Waals surface area contributed by atoms with E-state index >= 15 is 0 Å². The van der Waals surface area contributed by atoms with Crippen LogP contribution < -0.4 is 11.1 Å². The summed E-state index contributed by atoms with van der Waals surface area (Å²) < 4.78 is 0. The van der Waals surface area contributed by atoms with Gasteiger partial charge in [0.15, 0.2) is 0 Å². The van der Waals surface area contributed by atoms with Crippen molar-refractivity contribution < 1.29 is 4.79 Å². The number of hydrogen-bond donors (Lipinski definition) is 2. The number of nitrogens with zero attached hydrogens (tertiary/aromatic N) is 1. The molecule has 0 aromatic heterocycles. The summed E-state index contributed by atoms with van der Waals surface area (Å²) in [5, 5.41) is 11.4. The van der Waals surface area contributed by atoms with Gasteiger partial charge in [-0.25, -0.2) is 0 Å². The summed E-state index contributed by atoms with van der Waals surface area (Å²) in [5.74, 6) is 0.106. The lowest BCUT2D eigenvalue weighted by Crippen LogP contribution is -2.35. The Hall–Kier alpha value is -2.02. The van der Waals surface area contributed by atoms with Gasteiger partial charge in [-0.15, -0.1) is 0 Å². The Morgan fingerprint density at radius 1 is 1.32 bits per heavy atom. The smallest absolute Gasteiger partial charge is 0.230 e. The molecule has 0 saturated heterocycles. The molecule has 100 valence electrons. The second-order valence-electron chi connectivity index (χ2n) is 5.08. The largest absolute Gasteiger partial charge is 0.399 e. The second kappa shape index (κ2) is 5.75. The quantitative estimate of drug-likeness (QED) is 0.605. The highest BCUT2D eigenvalue weighted by Gasteiger charge is 2.50. The lowest BCUT2D eigenvalue weighted by Gasteiger charge is -2.15. The minimum Gasteiger partial charge on any atom is -0.399 e. The molecule has 1 aromatic carbocycles. The van der Waals surface area contributed by atoms with Gasteiger partial charge >= 0.3 is 0 Å². The van der Waals surface area contributed by atoms with E-state index in [1.54, 1.807) is 0 Å². The molecule has 4 nitrogen and oxygen atoms in total. The summed E-state index contributed by atoms with van der Waals surface area (Å²) in [5.41, 5.74) is 7.11. The van der Waals surface area contributed by atoms with Crippen LogP contribution in [0.2, 0.25) is 0 Å². The molecule has 1 fully saturated rings. The van der Waals surface area contributed by atoms with Gasteiger partial charge in [0.2, 0.25) is 5.91 Å². The first-order valence-corrected chi connectivity index (χ1v) is 6.70. The predicted octanol–water partition coefficient (Wildman–Crippen LogP) is 2.11. The standard InChI is InChI=1S/C15H19N3O/c16-10-2-1-3-11-18-14(19)15(8-9-15)12-4-6-13(17)7-5-12/h4-7H,1-3,8-9,11,17H2,(H,18,19). The van der Waals surface area contributed by atoms with Gasteiger partial charge in [-0.1, -0.05) is 12.1 Å². The third-order valence-corrected chi connectivity index (χ3v) is 3.65. The number of anilines is 1. The fourth-order valence-electron chi connectivity index (χ4n) is 2.27. The first-order chi connectivity index (χ1) is 9.19. The van der Waals surface area contributed by atoms with E-state index in [0.717, 1.165) is 36.9 Å². The molecule has 1 aromatic rings. The Morgan fingerprint density at radius 3 is 2.58 bits per heavy atom. The van der Waals surface area contributed by atoms with Crippen molar-refractivity contribution in [2.75, 3.05) is 12.3 Å². The molecule has 1 amide bonds. The second-order valence-corrected chi connectivity index (χ2v) is 5.08. The molecule has 1 saturated carbocycles. The Balaban J connectivity index is 1.88. The number of nitriles is 1. The number of nitrogen functional groups attached to an aromatic ring is 1. The van der Waals surface area contributed by atoms with Gasteiger partial charge in [0, 0.05) is 18.7 Å². The van der Waals surface area contributed by atoms with E-state index in [9.17, 15) is 4.79 Å². The highest BCUT2D eigenvalue weighted by molar-refractivity contribution is 5.91. The molecule has 2 rings (SSSR count). The van der Waals surface area contributed by atoms with Gasteiger partial charge in [0.1, 0.15) is 0 Å². The molecule has 1 aliphatic carbocycles. The number of nitrogens with one attached hydrogen (secondary N) is 1. The SMILES string of the molecule is N#CCCCCNC(=O)C1(c2ccc(N)cc2)CC1. The lowest BCUT2D eigenvalue weighted by molar-refractivity contribution is -0.123. The Kier molecular flexibility index (Phi) is 4.06. The number of carbonyl (C=O) groups excluding carboxylic acids is 1. The Bertz CT molecular complexity index is 483. The predicted molar refractivity (Wildman–Crippen MR) is 74.2 cm³/mol. The van der Waals surface area contributed by atoms with Crippen LogP contribution in [0.3, 0.4) is 0 Å². The number of benzene rings is 1. The zero-order chi connectivity index (χ0) is 13.7. The van der Waals surface area contributed by atoms with Crippen LogP contribution in [-0.4, -0.2) is 12.5 Å². The number of hydrogen-bond acceptors (Lipinski definition) is 3. The van der Waals surface area contributed by atoms with Crippen LogP contribution >= 0.6 is 0 Å². The topological polar surface area (TPSA) is 78.9 Å². The van der Waals surface area contributed by atoms with Gasteiger partial charge in [-0.3, -0.25) is 4.79 Å². The summed E-state index contributed by atoms with van der Waals surface area (Å²) >= 11 is 0. The number of nitrogens with two attached hydrogens (primary N) is 1. The van der Waals surface area contributed by atoms with E-state index in [1.165, 1.54) is 0 Å². The molecule has 19 heavy (non-hydrogen) atoms. The molecule has 1 aliphatic rings. The molecule has 4 heteroatoms. The minimum absolute atomic E-state index is 0.106. The number of unbranched alkanes of at least 4 members (excludes halogenated alkanes) is 2. The molecule has 0 radical (unpaired) electrons. The van der Waals surface area contributed by atoms with Crippen LogP contribution in [0.1, 0.15) is 37.7 Å². The Labute approximate surface area is 113 Å². The van der Waals surface area contributed by atoms with Crippen LogP contribution in [0.5, 0.6) is 0 Å². The molecule has 0 spiro atoms. The highest BCUT2D eigenvalue weighted by atomic mass is 16.2. The fraction of sp³-hybridized carbons (Fsp3) is 0.467. The van der Waals surface area contributed by atoms with E-state index < -0.39 is 0 Å². The van der Waals surface area contributed by atoms with E-state index in [1.807, 2.05) is 24.3 Å². The third kappa shape index (κ3) is 3.05. The Morgan fingerprint density at radius 2 is 2.00 bits per heavy atom. The van der Waals surface area contributed by atoms with Gasteiger partial charge in [0.25, 0.3) is 0 Å². The van der Waals surface area contributed by atoms with Crippen molar-refractivity contribution in [3.8, 4) is 6.07 Å². The average molecular weight is 257 g/mol. The number of amides is 1. The summed E-state index contributed by atoms with van der Waals surface area (Å²) in [6.07, 6.45) is 4.06. The lowest BCUT2D eigenvalue weighted by atomic mass is 9.94. The van der Waals surface area contributed by atoms with Gasteiger partial charge in [-0.05, 0) is 43.4 Å². The normalized spacial score (nSPS) is 15.5. The van der Waals surface area contributed by atoms with Crippen molar-refractivity contribution in [2.45, 2.75) is 37.5 Å². The monoisotopic (exact) mass is 257 g/mol. The number of rotatable bonds is 6. The molecule has 0 atom stereocenters. The zero-order valence-electron chi connectivity index (χ0n) is 11.0. The van der Waals surface area contributed by atoms with Crippen molar-refractivity contribution in [2.24, 2.45) is 0 Å². The summed E-state index contributed by atoms with van der Waals surface area (Å²) in [6.45, 7) is 0.650. The number of carbonyl (C=O) groups is 1. The van der Waals surface area contributed by atoms with Crippen LogP contribution in [0, 0.1) is 11.3 Å². The van der Waals surface area contributed by atoms with Crippen molar-refractivity contribution in [1.82, 2.24) is 5.32 Å². The van der Waals surface area contributed by atoms with Crippen LogP contribution in [0.25, 0.3) is 0 Å². The molecular weight excluding hydrogens is 238 g/mol. The van der Waals surface area contributed by atoms with Crippen molar-refractivity contribution in [3.63, 3.8) is 0 Å². The first kappa shape index (κ1) is 13.4. The van der Waals surface area contributed by atoms with Crippen molar-refractivity contribution >= 4 is 11.6 Å². The highest BCUT2D eigenvalue weighted by Crippen LogP contribution is 2.48. The first-order valence-electron chi connectivity index (χ1n) is 6.70. The van der Waals surface area contributed by atoms with Gasteiger partial charge in [-0.2, -0.15) is 5.26 Å². The third-order valence-electron chi connectivity index (χ3n) is 3.65. The van der Waals surface area contributed by atoms with E-state index in [0.29, 0.717) is 13.0 Å². The maximum absolute atomic E-state index is 12.2.